The maximum absolute atomic E-state index is 12.9. The number of halogens is 1. The minimum atomic E-state index is -0.897. The second-order valence-corrected chi connectivity index (χ2v) is 3.75. The van der Waals surface area contributed by atoms with Crippen molar-refractivity contribution in [3.63, 3.8) is 0 Å². The van der Waals surface area contributed by atoms with Gasteiger partial charge in [-0.3, -0.25) is 15.4 Å². The Morgan fingerprint density at radius 2 is 1.90 bits per heavy atom. The molecule has 7 heteroatoms. The highest BCUT2D eigenvalue weighted by atomic mass is 19.1. The molecule has 0 aromatic heterocycles. The molecule has 1 N–H and O–H groups in total. The fourth-order valence-electron chi connectivity index (χ4n) is 1.49. The zero-order chi connectivity index (χ0) is 14.5. The van der Waals surface area contributed by atoms with Gasteiger partial charge in [0.2, 0.25) is 0 Å². The molecular weight excluding hydrogens is 267 g/mol. The minimum absolute atomic E-state index is 0.141. The van der Waals surface area contributed by atoms with Gasteiger partial charge < -0.3 is 4.74 Å². The van der Waals surface area contributed by atoms with Crippen molar-refractivity contribution in [2.75, 3.05) is 5.32 Å². The number of hydrogen-bond donors (Lipinski definition) is 1. The molecule has 0 bridgehead atoms. The molecule has 0 aliphatic heterocycles. The summed E-state index contributed by atoms with van der Waals surface area (Å²) in [5.41, 5.74) is -0.688. The number of carbonyl (C=O) groups excluding carboxylic acids is 1. The van der Waals surface area contributed by atoms with Crippen molar-refractivity contribution in [1.82, 2.24) is 0 Å². The molecule has 2 aromatic rings. The summed E-state index contributed by atoms with van der Waals surface area (Å²) in [4.78, 5) is 21.6. The molecule has 0 aliphatic rings. The van der Waals surface area contributed by atoms with Gasteiger partial charge in [-0.15, -0.1) is 0 Å². The first-order valence-corrected chi connectivity index (χ1v) is 5.54. The predicted molar refractivity (Wildman–Crippen MR) is 69.1 cm³/mol. The molecule has 0 radical (unpaired) electrons. The Bertz CT molecular complexity index is 646. The fraction of sp³-hybridized carbons (Fsp3) is 0. The number of para-hydroxylation sites is 1. The van der Waals surface area contributed by atoms with Crippen LogP contribution in [0.15, 0.2) is 48.5 Å². The van der Waals surface area contributed by atoms with Gasteiger partial charge in [0.15, 0.2) is 0 Å². The van der Waals surface area contributed by atoms with Crippen LogP contribution in [0.25, 0.3) is 0 Å². The van der Waals surface area contributed by atoms with E-state index in [2.05, 4.69) is 5.32 Å². The first kappa shape index (κ1) is 13.5. The quantitative estimate of drug-likeness (QED) is 0.688. The average molecular weight is 276 g/mol. The summed E-state index contributed by atoms with van der Waals surface area (Å²) in [5, 5.41) is 13.0. The van der Waals surface area contributed by atoms with E-state index in [1.807, 2.05) is 0 Å². The smallest absolute Gasteiger partial charge is 0.410 e. The van der Waals surface area contributed by atoms with Crippen molar-refractivity contribution in [2.45, 2.75) is 0 Å². The van der Waals surface area contributed by atoms with Gasteiger partial charge >= 0.3 is 6.09 Å². The number of rotatable bonds is 3. The molecule has 102 valence electrons. The SMILES string of the molecule is O=C(Nc1ccc(F)cc1[N+](=O)[O-])Oc1ccccc1. The van der Waals surface area contributed by atoms with E-state index in [4.69, 9.17) is 4.74 Å². The number of nitro groups is 1. The molecule has 0 saturated carbocycles. The van der Waals surface area contributed by atoms with E-state index in [0.717, 1.165) is 18.2 Å². The molecule has 0 aliphatic carbocycles. The predicted octanol–water partition coefficient (Wildman–Crippen LogP) is 3.34. The van der Waals surface area contributed by atoms with E-state index >= 15 is 0 Å². The lowest BCUT2D eigenvalue weighted by Crippen LogP contribution is -2.17. The zero-order valence-corrected chi connectivity index (χ0v) is 10.1. The van der Waals surface area contributed by atoms with Crippen LogP contribution < -0.4 is 10.1 Å². The van der Waals surface area contributed by atoms with Crippen LogP contribution in [0.3, 0.4) is 0 Å². The van der Waals surface area contributed by atoms with Crippen LogP contribution in [0.4, 0.5) is 20.6 Å². The Morgan fingerprint density at radius 1 is 1.20 bits per heavy atom. The lowest BCUT2D eigenvalue weighted by molar-refractivity contribution is -0.384. The van der Waals surface area contributed by atoms with Gasteiger partial charge in [0, 0.05) is 0 Å². The molecule has 1 amide bonds. The van der Waals surface area contributed by atoms with Gasteiger partial charge in [0.05, 0.1) is 11.0 Å². The van der Waals surface area contributed by atoms with E-state index in [1.54, 1.807) is 30.3 Å². The maximum Gasteiger partial charge on any atom is 0.417 e. The number of nitrogens with one attached hydrogen (secondary N) is 1. The normalized spacial score (nSPS) is 9.85. The Balaban J connectivity index is 2.14. The van der Waals surface area contributed by atoms with Crippen molar-refractivity contribution >= 4 is 17.5 Å². The molecule has 2 aromatic carbocycles. The molecule has 0 heterocycles. The Morgan fingerprint density at radius 3 is 2.55 bits per heavy atom. The highest BCUT2D eigenvalue weighted by Crippen LogP contribution is 2.25. The van der Waals surface area contributed by atoms with Crippen molar-refractivity contribution < 1.29 is 18.8 Å². The van der Waals surface area contributed by atoms with E-state index in [1.165, 1.54) is 0 Å². The van der Waals surface area contributed by atoms with Crippen LogP contribution >= 0.6 is 0 Å². The van der Waals surface area contributed by atoms with E-state index in [-0.39, 0.29) is 11.4 Å². The third-order valence-electron chi connectivity index (χ3n) is 2.35. The lowest BCUT2D eigenvalue weighted by Gasteiger charge is -2.06. The van der Waals surface area contributed by atoms with Gasteiger partial charge in [-0.25, -0.2) is 9.18 Å². The number of hydrogen-bond acceptors (Lipinski definition) is 4. The zero-order valence-electron chi connectivity index (χ0n) is 10.1. The summed E-state index contributed by atoms with van der Waals surface area (Å²) in [7, 11) is 0. The second kappa shape index (κ2) is 5.79. The van der Waals surface area contributed by atoms with Crippen molar-refractivity contribution in [3.05, 3.63) is 64.5 Å². The molecule has 2 rings (SSSR count). The lowest BCUT2D eigenvalue weighted by atomic mass is 10.2. The van der Waals surface area contributed by atoms with Gasteiger partial charge in [0.25, 0.3) is 5.69 Å². The van der Waals surface area contributed by atoms with Crippen molar-refractivity contribution in [1.29, 1.82) is 0 Å². The first-order valence-electron chi connectivity index (χ1n) is 5.54. The monoisotopic (exact) mass is 276 g/mol. The number of nitro benzene ring substituents is 1. The summed E-state index contributed by atoms with van der Waals surface area (Å²) in [6.45, 7) is 0. The summed E-state index contributed by atoms with van der Waals surface area (Å²) in [5.74, 6) is -0.478. The Hall–Kier alpha value is -2.96. The summed E-state index contributed by atoms with van der Waals surface area (Å²) >= 11 is 0. The van der Waals surface area contributed by atoms with Gasteiger partial charge in [-0.05, 0) is 24.3 Å². The third-order valence-corrected chi connectivity index (χ3v) is 2.35. The molecular formula is C13H9FN2O4. The highest BCUT2D eigenvalue weighted by molar-refractivity contribution is 5.89. The minimum Gasteiger partial charge on any atom is -0.410 e. The van der Waals surface area contributed by atoms with Crippen molar-refractivity contribution in [3.8, 4) is 5.75 Å². The molecule has 0 fully saturated rings. The number of carbonyl (C=O) groups is 1. The summed E-state index contributed by atoms with van der Waals surface area (Å²) in [6.07, 6.45) is -0.897. The van der Waals surface area contributed by atoms with Gasteiger partial charge in [0.1, 0.15) is 17.3 Å². The second-order valence-electron chi connectivity index (χ2n) is 3.75. The third kappa shape index (κ3) is 3.29. The van der Waals surface area contributed by atoms with E-state index < -0.39 is 22.5 Å². The van der Waals surface area contributed by atoms with Crippen LogP contribution in [0.2, 0.25) is 0 Å². The van der Waals surface area contributed by atoms with Crippen LogP contribution in [-0.4, -0.2) is 11.0 Å². The van der Waals surface area contributed by atoms with E-state index in [9.17, 15) is 19.3 Å². The number of nitrogens with zero attached hydrogens (tertiary/aromatic N) is 1. The maximum atomic E-state index is 12.9. The molecule has 6 nitrogen and oxygen atoms in total. The van der Waals surface area contributed by atoms with E-state index in [0.29, 0.717) is 0 Å². The highest BCUT2D eigenvalue weighted by Gasteiger charge is 2.17. The molecule has 0 spiro atoms. The summed E-state index contributed by atoms with van der Waals surface area (Å²) in [6, 6.07) is 11.0. The van der Waals surface area contributed by atoms with Gasteiger partial charge in [-0.1, -0.05) is 18.2 Å². The first-order chi connectivity index (χ1) is 9.56. The molecule has 0 unspecified atom stereocenters. The largest absolute Gasteiger partial charge is 0.417 e. The fourth-order valence-corrected chi connectivity index (χ4v) is 1.49. The number of ether oxygens (including phenoxy) is 1. The topological polar surface area (TPSA) is 81.5 Å². The number of benzene rings is 2. The summed E-state index contributed by atoms with van der Waals surface area (Å²) < 4.78 is 17.9. The number of amides is 1. The average Bonchev–Trinajstić information content (AvgIpc) is 2.41. The molecule has 0 saturated heterocycles. The van der Waals surface area contributed by atoms with Crippen LogP contribution in [0, 0.1) is 15.9 Å². The Kier molecular flexibility index (Phi) is 3.90. The standard InChI is InChI=1S/C13H9FN2O4/c14-9-6-7-11(12(8-9)16(18)19)15-13(17)20-10-4-2-1-3-5-10/h1-8H,(H,15,17). The van der Waals surface area contributed by atoms with Crippen molar-refractivity contribution in [2.24, 2.45) is 0 Å². The van der Waals surface area contributed by atoms with Crippen LogP contribution in [0.1, 0.15) is 0 Å². The molecule has 20 heavy (non-hydrogen) atoms. The van der Waals surface area contributed by atoms with Gasteiger partial charge in [-0.2, -0.15) is 0 Å². The van der Waals surface area contributed by atoms with Crippen LogP contribution in [-0.2, 0) is 0 Å². The molecule has 0 atom stereocenters. The number of anilines is 1. The van der Waals surface area contributed by atoms with Crippen LogP contribution in [0.5, 0.6) is 5.75 Å². The Labute approximate surface area is 112 Å².